The van der Waals surface area contributed by atoms with Crippen molar-refractivity contribution in [2.75, 3.05) is 13.7 Å². The van der Waals surface area contributed by atoms with Crippen molar-refractivity contribution in [2.24, 2.45) is 7.05 Å². The maximum Gasteiger partial charge on any atom is 0.451 e. The molecular formula is C22H19F3N8O2. The Hall–Kier alpha value is -4.29. The number of hydrogen-bond acceptors (Lipinski definition) is 7. The molecule has 0 aliphatic carbocycles. The highest BCUT2D eigenvalue weighted by Crippen LogP contribution is 2.37. The summed E-state index contributed by atoms with van der Waals surface area (Å²) < 4.78 is 47.6. The molecule has 0 saturated carbocycles. The zero-order chi connectivity index (χ0) is 24.7. The molecule has 0 radical (unpaired) electrons. The van der Waals surface area contributed by atoms with Gasteiger partial charge in [0.25, 0.3) is 0 Å². The van der Waals surface area contributed by atoms with Crippen molar-refractivity contribution in [3.8, 4) is 17.1 Å². The van der Waals surface area contributed by atoms with Gasteiger partial charge in [-0.25, -0.2) is 9.97 Å². The SMILES string of the molecule is COc1ncnc2c1c(/C=C/C(=O)N1CCn3c(nnc3C(F)(F)F)C1)c(-c1cccnc1)n2C. The van der Waals surface area contributed by atoms with Crippen molar-refractivity contribution in [2.45, 2.75) is 19.3 Å². The van der Waals surface area contributed by atoms with Crippen molar-refractivity contribution in [3.05, 3.63) is 54.1 Å². The summed E-state index contributed by atoms with van der Waals surface area (Å²) in [6.07, 6.45) is 3.16. The van der Waals surface area contributed by atoms with Gasteiger partial charge in [-0.3, -0.25) is 9.78 Å². The van der Waals surface area contributed by atoms with Gasteiger partial charge in [0.15, 0.2) is 5.82 Å². The molecule has 1 aliphatic rings. The van der Waals surface area contributed by atoms with Gasteiger partial charge in [-0.05, 0) is 18.2 Å². The molecule has 0 bridgehead atoms. The third-order valence-corrected chi connectivity index (χ3v) is 5.81. The van der Waals surface area contributed by atoms with Crippen molar-refractivity contribution in [3.63, 3.8) is 0 Å². The number of carbonyl (C=O) groups excluding carboxylic acids is 1. The quantitative estimate of drug-likeness (QED) is 0.410. The molecule has 0 spiro atoms. The summed E-state index contributed by atoms with van der Waals surface area (Å²) in [4.78, 5) is 27.2. The molecule has 1 amide bonds. The fourth-order valence-corrected chi connectivity index (χ4v) is 4.24. The highest BCUT2D eigenvalue weighted by Gasteiger charge is 2.39. The molecule has 0 saturated heterocycles. The molecule has 0 fully saturated rings. The smallest absolute Gasteiger partial charge is 0.451 e. The lowest BCUT2D eigenvalue weighted by Crippen LogP contribution is -2.38. The summed E-state index contributed by atoms with van der Waals surface area (Å²) >= 11 is 0. The average Bonchev–Trinajstić information content (AvgIpc) is 3.41. The maximum atomic E-state index is 13.1. The number of aromatic nitrogens is 7. The Morgan fingerprint density at radius 3 is 2.74 bits per heavy atom. The van der Waals surface area contributed by atoms with Crippen LogP contribution in [0.4, 0.5) is 13.2 Å². The molecule has 180 valence electrons. The minimum Gasteiger partial charge on any atom is -0.480 e. The average molecular weight is 484 g/mol. The van der Waals surface area contributed by atoms with Crippen molar-refractivity contribution in [1.82, 2.24) is 39.2 Å². The third kappa shape index (κ3) is 3.88. The topological polar surface area (TPSA) is 104 Å². The van der Waals surface area contributed by atoms with Gasteiger partial charge in [0.05, 0.1) is 24.7 Å². The summed E-state index contributed by atoms with van der Waals surface area (Å²) in [5, 5.41) is 7.50. The highest BCUT2D eigenvalue weighted by molar-refractivity contribution is 6.02. The van der Waals surface area contributed by atoms with Crippen LogP contribution in [0.25, 0.3) is 28.4 Å². The van der Waals surface area contributed by atoms with Gasteiger partial charge in [0, 0.05) is 49.7 Å². The predicted molar refractivity (Wildman–Crippen MR) is 118 cm³/mol. The number of alkyl halides is 3. The van der Waals surface area contributed by atoms with E-state index in [1.54, 1.807) is 24.5 Å². The van der Waals surface area contributed by atoms with E-state index in [0.29, 0.717) is 22.5 Å². The standard InChI is InChI=1S/C22H19F3N8O2/c1-31-18(13-4-3-7-26-10-13)14(17-19(31)27-12-28-20(17)35-2)5-6-16(34)32-8-9-33-15(11-32)29-30-21(33)22(23,24)25/h3-7,10,12H,8-9,11H2,1-2H3/b6-5+. The minimum atomic E-state index is -4.60. The van der Waals surface area contributed by atoms with E-state index in [4.69, 9.17) is 4.74 Å². The molecule has 0 atom stereocenters. The fourth-order valence-electron chi connectivity index (χ4n) is 4.24. The first-order valence-electron chi connectivity index (χ1n) is 10.5. The number of aryl methyl sites for hydroxylation is 1. The summed E-state index contributed by atoms with van der Waals surface area (Å²) in [5.74, 6) is -1.00. The van der Waals surface area contributed by atoms with Crippen molar-refractivity contribution >= 4 is 23.0 Å². The van der Waals surface area contributed by atoms with Gasteiger partial charge in [0.2, 0.25) is 17.6 Å². The Morgan fingerprint density at radius 2 is 2.03 bits per heavy atom. The van der Waals surface area contributed by atoms with Crippen LogP contribution in [0.5, 0.6) is 5.88 Å². The number of amides is 1. The highest BCUT2D eigenvalue weighted by atomic mass is 19.4. The third-order valence-electron chi connectivity index (χ3n) is 5.81. The number of halogens is 3. The number of carbonyl (C=O) groups is 1. The zero-order valence-corrected chi connectivity index (χ0v) is 18.7. The van der Waals surface area contributed by atoms with Crippen LogP contribution in [0.15, 0.2) is 36.9 Å². The second-order valence-corrected chi connectivity index (χ2v) is 7.83. The number of rotatable bonds is 4. The molecule has 35 heavy (non-hydrogen) atoms. The zero-order valence-electron chi connectivity index (χ0n) is 18.7. The number of methoxy groups -OCH3 is 1. The lowest BCUT2D eigenvalue weighted by atomic mass is 10.1. The Morgan fingerprint density at radius 1 is 1.20 bits per heavy atom. The molecule has 0 aromatic carbocycles. The fraction of sp³-hybridized carbons (Fsp3) is 0.273. The van der Waals surface area contributed by atoms with E-state index >= 15 is 0 Å². The van der Waals surface area contributed by atoms with Crippen LogP contribution in [0.1, 0.15) is 17.2 Å². The van der Waals surface area contributed by atoms with E-state index in [9.17, 15) is 18.0 Å². The van der Waals surface area contributed by atoms with Gasteiger partial charge >= 0.3 is 6.18 Å². The number of ether oxygens (including phenoxy) is 1. The van der Waals surface area contributed by atoms with Crippen LogP contribution in [-0.2, 0) is 31.1 Å². The molecule has 0 unspecified atom stereocenters. The van der Waals surface area contributed by atoms with Gasteiger partial charge in [-0.1, -0.05) is 0 Å². The van der Waals surface area contributed by atoms with Crippen LogP contribution in [-0.4, -0.2) is 58.7 Å². The lowest BCUT2D eigenvalue weighted by Gasteiger charge is -2.27. The van der Waals surface area contributed by atoms with E-state index in [1.807, 2.05) is 17.7 Å². The van der Waals surface area contributed by atoms with Crippen molar-refractivity contribution < 1.29 is 22.7 Å². The Kier molecular flexibility index (Phi) is 5.46. The lowest BCUT2D eigenvalue weighted by molar-refractivity contribution is -0.148. The van der Waals surface area contributed by atoms with Crippen LogP contribution >= 0.6 is 0 Å². The molecule has 5 rings (SSSR count). The van der Waals surface area contributed by atoms with E-state index in [2.05, 4.69) is 25.1 Å². The monoisotopic (exact) mass is 484 g/mol. The number of fused-ring (bicyclic) bond motifs is 2. The summed E-state index contributed by atoms with van der Waals surface area (Å²) in [6, 6.07) is 3.68. The van der Waals surface area contributed by atoms with E-state index in [-0.39, 0.29) is 31.4 Å². The molecule has 4 aromatic rings. The van der Waals surface area contributed by atoms with Crippen LogP contribution in [0, 0.1) is 0 Å². The molecule has 1 aliphatic heterocycles. The van der Waals surface area contributed by atoms with E-state index < -0.39 is 12.0 Å². The molecule has 10 nitrogen and oxygen atoms in total. The normalized spacial score (nSPS) is 14.0. The number of nitrogens with zero attached hydrogens (tertiary/aromatic N) is 8. The molecule has 5 heterocycles. The van der Waals surface area contributed by atoms with Gasteiger partial charge in [0.1, 0.15) is 12.0 Å². The largest absolute Gasteiger partial charge is 0.480 e. The second-order valence-electron chi connectivity index (χ2n) is 7.83. The predicted octanol–water partition coefficient (Wildman–Crippen LogP) is 2.70. The van der Waals surface area contributed by atoms with Crippen LogP contribution in [0.3, 0.4) is 0 Å². The van der Waals surface area contributed by atoms with Crippen LogP contribution in [0.2, 0.25) is 0 Å². The Labute approximate surface area is 196 Å². The first kappa shape index (κ1) is 22.5. The summed E-state index contributed by atoms with van der Waals surface area (Å²) in [6.45, 7) is -0.0357. The van der Waals surface area contributed by atoms with Crippen LogP contribution < -0.4 is 4.74 Å². The van der Waals surface area contributed by atoms with Gasteiger partial charge < -0.3 is 18.8 Å². The molecule has 4 aromatic heterocycles. The second kappa shape index (κ2) is 8.49. The van der Waals surface area contributed by atoms with E-state index in [1.165, 1.54) is 24.4 Å². The molecular weight excluding hydrogens is 465 g/mol. The Bertz CT molecular complexity index is 1440. The molecule has 13 heteroatoms. The molecule has 0 N–H and O–H groups in total. The van der Waals surface area contributed by atoms with Gasteiger partial charge in [-0.2, -0.15) is 13.2 Å². The Balaban J connectivity index is 1.51. The maximum absolute atomic E-state index is 13.1. The number of pyridine rings is 1. The number of hydrogen-bond donors (Lipinski definition) is 0. The van der Waals surface area contributed by atoms with Gasteiger partial charge in [-0.15, -0.1) is 10.2 Å². The first-order valence-corrected chi connectivity index (χ1v) is 10.5. The van der Waals surface area contributed by atoms with E-state index in [0.717, 1.165) is 15.8 Å². The minimum absolute atomic E-state index is 0.0480. The first-order chi connectivity index (χ1) is 16.8. The van der Waals surface area contributed by atoms with Crippen molar-refractivity contribution in [1.29, 1.82) is 0 Å². The summed E-state index contributed by atoms with van der Waals surface area (Å²) in [7, 11) is 3.34. The summed E-state index contributed by atoms with van der Waals surface area (Å²) in [5.41, 5.74) is 2.81.